The zero-order valence-corrected chi connectivity index (χ0v) is 15.2. The predicted molar refractivity (Wildman–Crippen MR) is 104 cm³/mol. The van der Waals surface area contributed by atoms with E-state index >= 15 is 0 Å². The van der Waals surface area contributed by atoms with Gasteiger partial charge in [0, 0.05) is 12.8 Å². The molecule has 0 radical (unpaired) electrons. The molecule has 2 unspecified atom stereocenters. The van der Waals surface area contributed by atoms with Crippen LogP contribution in [0.3, 0.4) is 0 Å². The molecule has 0 spiro atoms. The van der Waals surface area contributed by atoms with Crippen molar-refractivity contribution >= 4 is 28.6 Å². The minimum Gasteiger partial charge on any atom is -0.481 e. The highest BCUT2D eigenvalue weighted by Gasteiger charge is 2.07. The summed E-state index contributed by atoms with van der Waals surface area (Å²) in [5.41, 5.74) is 2.62. The molecule has 0 bridgehead atoms. The van der Waals surface area contributed by atoms with E-state index in [9.17, 15) is 4.79 Å². The van der Waals surface area contributed by atoms with Gasteiger partial charge < -0.3 is 5.11 Å². The lowest BCUT2D eigenvalue weighted by Crippen LogP contribution is -1.98. The summed E-state index contributed by atoms with van der Waals surface area (Å²) in [6.45, 7) is 4.23. The molecule has 132 valence electrons. The fourth-order valence-corrected chi connectivity index (χ4v) is 3.63. The average Bonchev–Trinajstić information content (AvgIpc) is 3.23. The molecule has 0 aliphatic carbocycles. The number of nitriles is 1. The third-order valence-electron chi connectivity index (χ3n) is 3.70. The molecule has 2 heterocycles. The summed E-state index contributed by atoms with van der Waals surface area (Å²) in [5, 5.41) is 25.2. The molecule has 0 fully saturated rings. The number of thiophene rings is 2. The maximum atomic E-state index is 10.3. The van der Waals surface area contributed by atoms with Gasteiger partial charge in [0.15, 0.2) is 0 Å². The van der Waals surface area contributed by atoms with Crippen LogP contribution >= 0.6 is 22.7 Å². The molecule has 1 N–H and O–H groups in total. The second kappa shape index (κ2) is 12.7. The Kier molecular flexibility index (Phi) is 11.9. The van der Waals surface area contributed by atoms with E-state index in [0.29, 0.717) is 18.3 Å². The Balaban J connectivity index is 0.000000425. The van der Waals surface area contributed by atoms with Crippen LogP contribution in [0.15, 0.2) is 33.7 Å². The largest absolute Gasteiger partial charge is 0.481 e. The molecular weight excluding hydrogens is 338 g/mol. The van der Waals surface area contributed by atoms with E-state index in [1.54, 1.807) is 22.7 Å². The van der Waals surface area contributed by atoms with Crippen molar-refractivity contribution in [3.8, 4) is 6.07 Å². The Bertz CT molecular complexity index is 585. The summed E-state index contributed by atoms with van der Waals surface area (Å²) >= 11 is 3.37. The predicted octanol–water partition coefficient (Wildman–Crippen LogP) is 6.51. The standard InChI is InChI=1S/C9H11NS.C9H12O2S.CH4/c1-8(3-2-5-10)9-4-6-11-7-9;1-7(2-3-9(10)11)8-4-5-12-6-8;/h4,6-8H,2-3H2,1H3;4-7H,2-3H2,1H3,(H,10,11);1H4. The highest BCUT2D eigenvalue weighted by Crippen LogP contribution is 2.23. The zero-order valence-electron chi connectivity index (χ0n) is 13.6. The van der Waals surface area contributed by atoms with Crippen molar-refractivity contribution in [1.82, 2.24) is 0 Å². The minimum absolute atomic E-state index is 0. The van der Waals surface area contributed by atoms with Crippen molar-refractivity contribution in [1.29, 1.82) is 5.26 Å². The van der Waals surface area contributed by atoms with Crippen LogP contribution in [-0.4, -0.2) is 11.1 Å². The molecule has 0 aliphatic heterocycles. The molecule has 5 heteroatoms. The quantitative estimate of drug-likeness (QED) is 0.608. The van der Waals surface area contributed by atoms with E-state index in [1.807, 2.05) is 5.38 Å². The van der Waals surface area contributed by atoms with Crippen molar-refractivity contribution in [3.63, 3.8) is 0 Å². The van der Waals surface area contributed by atoms with Gasteiger partial charge in [-0.2, -0.15) is 27.9 Å². The number of carboxylic acids is 1. The molecule has 2 aromatic rings. The van der Waals surface area contributed by atoms with Crippen molar-refractivity contribution in [2.75, 3.05) is 0 Å². The lowest BCUT2D eigenvalue weighted by Gasteiger charge is -2.06. The lowest BCUT2D eigenvalue weighted by molar-refractivity contribution is -0.137. The summed E-state index contributed by atoms with van der Waals surface area (Å²) in [6.07, 6.45) is 2.63. The van der Waals surface area contributed by atoms with Crippen molar-refractivity contribution < 1.29 is 9.90 Å². The molecule has 2 aromatic heterocycles. The summed E-state index contributed by atoms with van der Waals surface area (Å²) in [7, 11) is 0. The SMILES string of the molecule is C.CC(CCC#N)c1ccsc1.CC(CCC(=O)O)c1ccsc1. The fourth-order valence-electron chi connectivity index (χ4n) is 2.07. The number of nitrogens with zero attached hydrogens (tertiary/aromatic N) is 1. The monoisotopic (exact) mass is 365 g/mol. The number of rotatable bonds is 7. The van der Waals surface area contributed by atoms with Crippen molar-refractivity contribution in [2.24, 2.45) is 0 Å². The molecule has 3 nitrogen and oxygen atoms in total. The Hall–Kier alpha value is -1.64. The van der Waals surface area contributed by atoms with Gasteiger partial charge in [-0.25, -0.2) is 0 Å². The lowest BCUT2D eigenvalue weighted by atomic mass is 9.99. The second-order valence-corrected chi connectivity index (χ2v) is 7.10. The third-order valence-corrected chi connectivity index (χ3v) is 5.11. The van der Waals surface area contributed by atoms with Crippen molar-refractivity contribution in [2.45, 2.75) is 58.8 Å². The first kappa shape index (κ1) is 22.4. The van der Waals surface area contributed by atoms with E-state index in [0.717, 1.165) is 12.8 Å². The van der Waals surface area contributed by atoms with Crippen LogP contribution in [0.4, 0.5) is 0 Å². The summed E-state index contributed by atoms with van der Waals surface area (Å²) in [6, 6.07) is 6.35. The van der Waals surface area contributed by atoms with Crippen LogP contribution in [0.1, 0.15) is 69.9 Å². The summed E-state index contributed by atoms with van der Waals surface area (Å²) < 4.78 is 0. The number of aliphatic carboxylic acids is 1. The van der Waals surface area contributed by atoms with Crippen LogP contribution in [0, 0.1) is 11.3 Å². The molecule has 2 rings (SSSR count). The molecule has 0 aromatic carbocycles. The molecule has 0 amide bonds. The van der Waals surface area contributed by atoms with Crippen molar-refractivity contribution in [3.05, 3.63) is 44.8 Å². The van der Waals surface area contributed by atoms with Crippen LogP contribution in [0.2, 0.25) is 0 Å². The highest BCUT2D eigenvalue weighted by molar-refractivity contribution is 7.08. The van der Waals surface area contributed by atoms with E-state index < -0.39 is 5.97 Å². The number of hydrogen-bond acceptors (Lipinski definition) is 4. The van der Waals surface area contributed by atoms with Gasteiger partial charge >= 0.3 is 5.97 Å². The Morgan fingerprint density at radius 3 is 2.00 bits per heavy atom. The Labute approximate surface area is 153 Å². The molecule has 0 saturated heterocycles. The van der Waals surface area contributed by atoms with Gasteiger partial charge in [0.2, 0.25) is 0 Å². The third kappa shape index (κ3) is 8.85. The molecule has 24 heavy (non-hydrogen) atoms. The highest BCUT2D eigenvalue weighted by atomic mass is 32.1. The smallest absolute Gasteiger partial charge is 0.303 e. The molecule has 0 aliphatic rings. The molecule has 0 saturated carbocycles. The minimum atomic E-state index is -0.711. The van der Waals surface area contributed by atoms with Gasteiger partial charge in [-0.05, 0) is 69.5 Å². The molecule has 2 atom stereocenters. The van der Waals surface area contributed by atoms with Crippen LogP contribution in [-0.2, 0) is 4.79 Å². The van der Waals surface area contributed by atoms with Gasteiger partial charge in [-0.15, -0.1) is 0 Å². The van der Waals surface area contributed by atoms with Gasteiger partial charge in [0.05, 0.1) is 6.07 Å². The van der Waals surface area contributed by atoms with Gasteiger partial charge in [-0.1, -0.05) is 21.3 Å². The number of hydrogen-bond donors (Lipinski definition) is 1. The Morgan fingerprint density at radius 2 is 1.62 bits per heavy atom. The zero-order chi connectivity index (χ0) is 17.1. The Morgan fingerprint density at radius 1 is 1.12 bits per heavy atom. The number of carbonyl (C=O) groups is 1. The molecular formula is C19H27NO2S2. The van der Waals surface area contributed by atoms with E-state index in [2.05, 4.69) is 48.2 Å². The maximum absolute atomic E-state index is 10.3. The average molecular weight is 366 g/mol. The van der Waals surface area contributed by atoms with E-state index in [-0.39, 0.29) is 13.8 Å². The number of carboxylic acid groups (broad SMARTS) is 1. The van der Waals surface area contributed by atoms with Gasteiger partial charge in [0.25, 0.3) is 0 Å². The summed E-state index contributed by atoms with van der Waals surface area (Å²) in [5.74, 6) is 0.199. The summed E-state index contributed by atoms with van der Waals surface area (Å²) in [4.78, 5) is 10.3. The van der Waals surface area contributed by atoms with E-state index in [4.69, 9.17) is 10.4 Å². The van der Waals surface area contributed by atoms with Crippen LogP contribution in [0.5, 0.6) is 0 Å². The van der Waals surface area contributed by atoms with Crippen LogP contribution < -0.4 is 0 Å². The normalized spacial score (nSPS) is 12.0. The fraction of sp³-hybridized carbons (Fsp3) is 0.474. The van der Waals surface area contributed by atoms with E-state index in [1.165, 1.54) is 11.1 Å². The first-order chi connectivity index (χ1) is 11.0. The topological polar surface area (TPSA) is 61.1 Å². The maximum Gasteiger partial charge on any atom is 0.303 e. The first-order valence-electron chi connectivity index (χ1n) is 7.67. The van der Waals surface area contributed by atoms with Gasteiger partial charge in [0.1, 0.15) is 0 Å². The first-order valence-corrected chi connectivity index (χ1v) is 9.56. The second-order valence-electron chi connectivity index (χ2n) is 5.54. The van der Waals surface area contributed by atoms with Crippen LogP contribution in [0.25, 0.3) is 0 Å². The van der Waals surface area contributed by atoms with Gasteiger partial charge in [-0.3, -0.25) is 4.79 Å².